The molecule has 0 N–H and O–H groups in total. The molecule has 35 heavy (non-hydrogen) atoms. The number of ether oxygens (including phenoxy) is 5. The van der Waals surface area contributed by atoms with E-state index >= 15 is 0 Å². The van der Waals surface area contributed by atoms with Crippen molar-refractivity contribution in [3.05, 3.63) is 12.4 Å². The van der Waals surface area contributed by atoms with Crippen LogP contribution in [0.5, 0.6) is 11.5 Å². The topological polar surface area (TPSA) is 68.2 Å². The molecule has 0 aromatic carbocycles. The van der Waals surface area contributed by atoms with Crippen molar-refractivity contribution in [1.82, 2.24) is 4.57 Å². The summed E-state index contributed by atoms with van der Waals surface area (Å²) >= 11 is 0. The van der Waals surface area contributed by atoms with Gasteiger partial charge in [0.25, 0.3) is 0 Å². The maximum atomic E-state index is 13.4. The average Bonchev–Trinajstić information content (AvgIpc) is 3.18. The largest absolute Gasteiger partial charge is 0.485 e. The first-order valence-corrected chi connectivity index (χ1v) is 10.2. The van der Waals surface area contributed by atoms with Crippen LogP contribution >= 0.6 is 0 Å². The smallest absolute Gasteiger partial charge is 0.460 e. The third-order valence-electron chi connectivity index (χ3n) is 4.62. The Labute approximate surface area is 193 Å². The molecule has 0 saturated heterocycles. The highest BCUT2D eigenvalue weighted by Gasteiger charge is 2.81. The van der Waals surface area contributed by atoms with Gasteiger partial charge in [-0.3, -0.25) is 4.79 Å². The van der Waals surface area contributed by atoms with E-state index in [9.17, 15) is 44.3 Å². The highest BCUT2D eigenvalue weighted by atomic mass is 19.4. The van der Waals surface area contributed by atoms with Crippen LogP contribution in [0.3, 0.4) is 0 Å². The molecule has 2 heterocycles. The third kappa shape index (κ3) is 7.32. The summed E-state index contributed by atoms with van der Waals surface area (Å²) in [5, 5.41) is 0. The van der Waals surface area contributed by atoms with Crippen LogP contribution in [-0.4, -0.2) is 80.7 Å². The molecule has 1 aromatic heterocycles. The molecule has 0 amide bonds. The molecule has 0 spiro atoms. The first-order valence-electron chi connectivity index (χ1n) is 10.2. The number of hydrogen-bond donors (Lipinski definition) is 0. The molecule has 0 saturated carbocycles. The predicted octanol–water partition coefficient (Wildman–Crippen LogP) is 4.08. The van der Waals surface area contributed by atoms with Gasteiger partial charge in [-0.25, -0.2) is 0 Å². The second-order valence-electron chi connectivity index (χ2n) is 7.22. The number of carbonyl (C=O) groups excluding carboxylic acids is 1. The molecule has 0 radical (unpaired) electrons. The third-order valence-corrected chi connectivity index (χ3v) is 4.62. The van der Waals surface area contributed by atoms with E-state index in [4.69, 9.17) is 18.9 Å². The Morgan fingerprint density at radius 1 is 0.800 bits per heavy atom. The maximum absolute atomic E-state index is 13.4. The van der Waals surface area contributed by atoms with Crippen LogP contribution in [0.2, 0.25) is 0 Å². The van der Waals surface area contributed by atoms with Gasteiger partial charge in [-0.15, -0.1) is 0 Å². The van der Waals surface area contributed by atoms with E-state index in [0.29, 0.717) is 37.9 Å². The van der Waals surface area contributed by atoms with Crippen molar-refractivity contribution in [3.8, 4) is 11.5 Å². The predicted molar refractivity (Wildman–Crippen MR) is 98.1 cm³/mol. The number of carbonyl (C=O) groups is 1. The Kier molecular flexibility index (Phi) is 9.56. The first kappa shape index (κ1) is 28.9. The van der Waals surface area contributed by atoms with Gasteiger partial charge in [-0.2, -0.15) is 39.5 Å². The normalized spacial score (nSPS) is 14.8. The minimum atomic E-state index is -6.99. The molecule has 202 valence electrons. The Morgan fingerprint density at radius 3 is 1.86 bits per heavy atom. The van der Waals surface area contributed by atoms with Crippen LogP contribution in [-0.2, 0) is 25.5 Å². The summed E-state index contributed by atoms with van der Waals surface area (Å²) in [5.41, 5.74) is 0. The standard InChI is InChI=1S/C19H22F9NO6/c20-16(21,17(22,23)18(24,25)19(26,27)28)2-1-15(30)35-8-7-32-6-5-31-4-3-29-11-13-14(12-29)34-10-9-33-13/h11-12H,1-10H2. The molecule has 1 aliphatic heterocycles. The van der Waals surface area contributed by atoms with Crippen LogP contribution in [0, 0.1) is 0 Å². The van der Waals surface area contributed by atoms with E-state index in [1.165, 1.54) is 0 Å². The second kappa shape index (κ2) is 11.6. The van der Waals surface area contributed by atoms with Crippen molar-refractivity contribution in [2.24, 2.45) is 0 Å². The monoisotopic (exact) mass is 531 g/mol. The molecule has 16 heteroatoms. The lowest BCUT2D eigenvalue weighted by Gasteiger charge is -2.33. The van der Waals surface area contributed by atoms with Crippen LogP contribution < -0.4 is 9.47 Å². The lowest BCUT2D eigenvalue weighted by molar-refractivity contribution is -0.396. The van der Waals surface area contributed by atoms with Gasteiger partial charge < -0.3 is 28.3 Å². The lowest BCUT2D eigenvalue weighted by atomic mass is 10.00. The van der Waals surface area contributed by atoms with Crippen molar-refractivity contribution >= 4 is 5.97 Å². The Bertz CT molecular complexity index is 805. The van der Waals surface area contributed by atoms with Gasteiger partial charge in [-0.05, 0) is 0 Å². The fourth-order valence-corrected chi connectivity index (χ4v) is 2.72. The summed E-state index contributed by atoms with van der Waals surface area (Å²) in [5.74, 6) is -19.8. The van der Waals surface area contributed by atoms with Gasteiger partial charge in [0.05, 0.1) is 45.2 Å². The first-order chi connectivity index (χ1) is 16.2. The summed E-state index contributed by atoms with van der Waals surface area (Å²) in [7, 11) is 0. The summed E-state index contributed by atoms with van der Waals surface area (Å²) in [6.45, 7) is 1.22. The zero-order valence-electron chi connectivity index (χ0n) is 18.0. The minimum Gasteiger partial charge on any atom is -0.485 e. The number of nitrogens with zero attached hydrogens (tertiary/aromatic N) is 1. The van der Waals surface area contributed by atoms with Crippen LogP contribution in [0.25, 0.3) is 0 Å². The van der Waals surface area contributed by atoms with E-state index in [1.807, 2.05) is 0 Å². The number of aromatic nitrogens is 1. The molecular formula is C19H22F9NO6. The zero-order valence-corrected chi connectivity index (χ0v) is 18.0. The van der Waals surface area contributed by atoms with Crippen molar-refractivity contribution in [3.63, 3.8) is 0 Å². The fraction of sp³-hybridized carbons (Fsp3) is 0.737. The summed E-state index contributed by atoms with van der Waals surface area (Å²) in [4.78, 5) is 11.3. The van der Waals surface area contributed by atoms with Gasteiger partial charge in [0, 0.05) is 13.0 Å². The second-order valence-corrected chi connectivity index (χ2v) is 7.22. The minimum absolute atomic E-state index is 0.0583. The van der Waals surface area contributed by atoms with Gasteiger partial charge in [0.2, 0.25) is 0 Å². The maximum Gasteiger partial charge on any atom is 0.460 e. The summed E-state index contributed by atoms with van der Waals surface area (Å²) in [6, 6.07) is 0. The van der Waals surface area contributed by atoms with Gasteiger partial charge in [0.15, 0.2) is 11.5 Å². The number of halogens is 9. The molecule has 0 atom stereocenters. The number of fused-ring (bicyclic) bond motifs is 1. The Hall–Kier alpha value is -2.36. The van der Waals surface area contributed by atoms with Crippen molar-refractivity contribution in [2.75, 3.05) is 46.2 Å². The molecular weight excluding hydrogens is 509 g/mol. The molecule has 2 rings (SSSR count). The SMILES string of the molecule is O=C(CCC(F)(F)C(F)(F)C(F)(F)C(F)(F)F)OCCOCCOCCn1cc2c(c1)OCCO2. The van der Waals surface area contributed by atoms with E-state index < -0.39 is 49.4 Å². The van der Waals surface area contributed by atoms with Crippen LogP contribution in [0.15, 0.2) is 12.4 Å². The van der Waals surface area contributed by atoms with Gasteiger partial charge in [0.1, 0.15) is 19.8 Å². The molecule has 7 nitrogen and oxygen atoms in total. The fourth-order valence-electron chi connectivity index (χ4n) is 2.72. The number of esters is 1. The Morgan fingerprint density at radius 2 is 1.31 bits per heavy atom. The molecule has 1 aromatic rings. The van der Waals surface area contributed by atoms with Gasteiger partial charge in [-0.1, -0.05) is 0 Å². The van der Waals surface area contributed by atoms with Crippen LogP contribution in [0.1, 0.15) is 12.8 Å². The molecule has 1 aliphatic rings. The van der Waals surface area contributed by atoms with E-state index in [-0.39, 0.29) is 19.8 Å². The Balaban J connectivity index is 1.55. The lowest BCUT2D eigenvalue weighted by Crippen LogP contribution is -2.60. The molecule has 0 aliphatic carbocycles. The molecule has 0 unspecified atom stereocenters. The van der Waals surface area contributed by atoms with Crippen molar-refractivity contribution in [1.29, 1.82) is 0 Å². The highest BCUT2D eigenvalue weighted by molar-refractivity contribution is 5.69. The van der Waals surface area contributed by atoms with Gasteiger partial charge >= 0.3 is 29.9 Å². The molecule has 0 fully saturated rings. The summed E-state index contributed by atoms with van der Waals surface area (Å²) in [6.07, 6.45) is -7.20. The van der Waals surface area contributed by atoms with E-state index in [0.717, 1.165) is 0 Å². The molecule has 0 bridgehead atoms. The van der Waals surface area contributed by atoms with E-state index in [1.54, 1.807) is 17.0 Å². The number of alkyl halides is 9. The zero-order chi connectivity index (χ0) is 26.3. The number of hydrogen-bond acceptors (Lipinski definition) is 6. The number of rotatable bonds is 14. The average molecular weight is 531 g/mol. The van der Waals surface area contributed by atoms with Crippen LogP contribution in [0.4, 0.5) is 39.5 Å². The van der Waals surface area contributed by atoms with Crippen molar-refractivity contribution < 1.29 is 68.0 Å². The van der Waals surface area contributed by atoms with Crippen molar-refractivity contribution in [2.45, 2.75) is 43.3 Å². The highest BCUT2D eigenvalue weighted by Crippen LogP contribution is 2.54. The van der Waals surface area contributed by atoms with E-state index in [2.05, 4.69) is 4.74 Å². The quantitative estimate of drug-likeness (QED) is 0.205. The summed E-state index contributed by atoms with van der Waals surface area (Å²) < 4.78 is 142.